The van der Waals surface area contributed by atoms with Gasteiger partial charge in [0.1, 0.15) is 0 Å². The molecule has 2 aliphatic rings. The Labute approximate surface area is 180 Å². The number of likely N-dealkylation sites (tertiary alicyclic amines) is 1. The zero-order chi connectivity index (χ0) is 20.0. The molecule has 5 heterocycles. The minimum atomic E-state index is -0.605. The van der Waals surface area contributed by atoms with Crippen LogP contribution in [-0.4, -0.2) is 61.7 Å². The largest absolute Gasteiger partial charge is 0.349 e. The second-order valence-corrected chi connectivity index (χ2v) is 8.17. The minimum absolute atomic E-state index is 0. The third-order valence-corrected chi connectivity index (χ3v) is 6.06. The van der Waals surface area contributed by atoms with E-state index in [0.717, 1.165) is 44.7 Å². The minimum Gasteiger partial charge on any atom is -0.349 e. The summed E-state index contributed by atoms with van der Waals surface area (Å²) >= 11 is 0. The number of amides is 1. The number of carbonyl (C=O) groups is 1. The molecule has 9 nitrogen and oxygen atoms in total. The Balaban J connectivity index is 0.00000218. The first-order valence-electron chi connectivity index (χ1n) is 9.70. The van der Waals surface area contributed by atoms with E-state index in [9.17, 15) is 4.79 Å². The van der Waals surface area contributed by atoms with Crippen LogP contribution in [0.5, 0.6) is 0 Å². The molecule has 0 atom stereocenters. The normalized spacial score (nSPS) is 17.7. The number of nitrogens with zero attached hydrogens (tertiary/aromatic N) is 6. The smallest absolute Gasteiger partial charge is 0.277 e. The van der Waals surface area contributed by atoms with E-state index < -0.39 is 5.91 Å². The molecular weight excluding hydrogens is 406 g/mol. The molecule has 1 amide bonds. The zero-order valence-corrected chi connectivity index (χ0v) is 17.5. The quantitative estimate of drug-likeness (QED) is 0.480. The third-order valence-electron chi connectivity index (χ3n) is 6.06. The van der Waals surface area contributed by atoms with Crippen LogP contribution >= 0.6 is 12.4 Å². The molecule has 2 aliphatic heterocycles. The van der Waals surface area contributed by atoms with Gasteiger partial charge < -0.3 is 9.47 Å². The van der Waals surface area contributed by atoms with Gasteiger partial charge in [0.05, 0.1) is 16.6 Å². The maximum atomic E-state index is 11.4. The Morgan fingerprint density at radius 2 is 2.00 bits per heavy atom. The van der Waals surface area contributed by atoms with Crippen molar-refractivity contribution < 1.29 is 10.0 Å². The van der Waals surface area contributed by atoms with Gasteiger partial charge >= 0.3 is 0 Å². The summed E-state index contributed by atoms with van der Waals surface area (Å²) in [6.45, 7) is 4.85. The van der Waals surface area contributed by atoms with E-state index in [0.29, 0.717) is 5.95 Å². The summed E-state index contributed by atoms with van der Waals surface area (Å²) < 4.78 is 2.14. The highest BCUT2D eigenvalue weighted by Gasteiger charge is 2.48. The molecule has 0 aromatic carbocycles. The number of carbonyl (C=O) groups excluding carboxylic acids is 1. The lowest BCUT2D eigenvalue weighted by atomic mass is 9.79. The number of fused-ring (bicyclic) bond motifs is 1. The number of anilines is 1. The maximum Gasteiger partial charge on any atom is 0.277 e. The molecule has 3 aromatic heterocycles. The van der Waals surface area contributed by atoms with Crippen LogP contribution in [-0.2, 0) is 13.6 Å². The summed E-state index contributed by atoms with van der Waals surface area (Å²) in [5.74, 6) is 0.0278. The van der Waals surface area contributed by atoms with Gasteiger partial charge in [-0.1, -0.05) is 0 Å². The van der Waals surface area contributed by atoms with E-state index >= 15 is 0 Å². The van der Waals surface area contributed by atoms with Crippen LogP contribution in [0.25, 0.3) is 11.0 Å². The number of hydroxylamine groups is 1. The van der Waals surface area contributed by atoms with Crippen molar-refractivity contribution in [2.24, 2.45) is 12.5 Å². The van der Waals surface area contributed by atoms with Gasteiger partial charge in [-0.25, -0.2) is 15.4 Å². The number of aromatic nitrogens is 4. The summed E-state index contributed by atoms with van der Waals surface area (Å²) in [4.78, 5) is 29.2. The van der Waals surface area contributed by atoms with Crippen molar-refractivity contribution in [3.63, 3.8) is 0 Å². The Morgan fingerprint density at radius 1 is 1.23 bits per heavy atom. The summed E-state index contributed by atoms with van der Waals surface area (Å²) in [6.07, 6.45) is 8.04. The van der Waals surface area contributed by atoms with Crippen LogP contribution in [0.2, 0.25) is 0 Å². The highest BCUT2D eigenvalue weighted by molar-refractivity contribution is 5.92. The summed E-state index contributed by atoms with van der Waals surface area (Å²) in [5.41, 5.74) is 5.64. The first-order valence-corrected chi connectivity index (χ1v) is 9.70. The second kappa shape index (κ2) is 7.82. The van der Waals surface area contributed by atoms with Crippen molar-refractivity contribution in [1.82, 2.24) is 29.9 Å². The summed E-state index contributed by atoms with van der Waals surface area (Å²) in [6, 6.07) is 4.08. The van der Waals surface area contributed by atoms with E-state index in [4.69, 9.17) is 5.21 Å². The van der Waals surface area contributed by atoms with Crippen molar-refractivity contribution >= 4 is 35.3 Å². The monoisotopic (exact) mass is 429 g/mol. The Bertz CT molecular complexity index is 1060. The lowest BCUT2D eigenvalue weighted by Crippen LogP contribution is -2.56. The lowest BCUT2D eigenvalue weighted by molar-refractivity contribution is 0.0119. The standard InChI is InChI=1S/C20H23N7O2.ClH/c1-25-9-15(17-16(25)3-2-5-21-17)10-26-11-20(12-26)4-6-27(13-20)19-22-7-14(8-23-19)18(28)24-29;/h2-3,5,7-9,29H,4,6,10-13H2,1H3,(H,24,28);1H. The van der Waals surface area contributed by atoms with Crippen LogP contribution in [0.1, 0.15) is 22.3 Å². The molecule has 2 N–H and O–H groups in total. The maximum absolute atomic E-state index is 11.4. The van der Waals surface area contributed by atoms with Crippen molar-refractivity contribution in [3.05, 3.63) is 48.0 Å². The van der Waals surface area contributed by atoms with Gasteiger partial charge in [-0.3, -0.25) is 19.9 Å². The third kappa shape index (κ3) is 3.49. The van der Waals surface area contributed by atoms with E-state index in [-0.39, 0.29) is 23.4 Å². The van der Waals surface area contributed by atoms with Crippen LogP contribution < -0.4 is 10.4 Å². The van der Waals surface area contributed by atoms with Crippen LogP contribution in [0.15, 0.2) is 36.9 Å². The molecule has 1 spiro atoms. The fourth-order valence-corrected chi connectivity index (χ4v) is 4.69. The van der Waals surface area contributed by atoms with Crippen LogP contribution in [0, 0.1) is 5.41 Å². The average Bonchev–Trinajstić information content (AvgIpc) is 3.30. The lowest BCUT2D eigenvalue weighted by Gasteiger charge is -2.48. The van der Waals surface area contributed by atoms with E-state index in [1.54, 1.807) is 5.48 Å². The number of hydrogen-bond donors (Lipinski definition) is 2. The van der Waals surface area contributed by atoms with Gasteiger partial charge in [0.15, 0.2) is 0 Å². The molecule has 158 valence electrons. The highest BCUT2D eigenvalue weighted by atomic mass is 35.5. The van der Waals surface area contributed by atoms with Crippen molar-refractivity contribution in [2.75, 3.05) is 31.1 Å². The number of nitrogens with one attached hydrogen (secondary N) is 1. The molecule has 0 aliphatic carbocycles. The fraction of sp³-hybridized carbons (Fsp3) is 0.400. The SMILES string of the molecule is Cl.Cn1cc(CN2CC3(CCN(c4ncc(C(=O)NO)cn4)C3)C2)c2ncccc21. The highest BCUT2D eigenvalue weighted by Crippen LogP contribution is 2.41. The summed E-state index contributed by atoms with van der Waals surface area (Å²) in [5, 5.41) is 8.69. The molecule has 30 heavy (non-hydrogen) atoms. The molecule has 0 unspecified atom stereocenters. The molecule has 2 saturated heterocycles. The number of rotatable bonds is 4. The van der Waals surface area contributed by atoms with Gasteiger partial charge in [-0.15, -0.1) is 12.4 Å². The van der Waals surface area contributed by atoms with Gasteiger partial charge in [0.25, 0.3) is 5.91 Å². The molecular formula is C20H24ClN7O2. The van der Waals surface area contributed by atoms with Crippen molar-refractivity contribution in [1.29, 1.82) is 0 Å². The van der Waals surface area contributed by atoms with Gasteiger partial charge in [-0.05, 0) is 18.6 Å². The molecule has 10 heteroatoms. The van der Waals surface area contributed by atoms with Crippen molar-refractivity contribution in [2.45, 2.75) is 13.0 Å². The van der Waals surface area contributed by atoms with Crippen molar-refractivity contribution in [3.8, 4) is 0 Å². The van der Waals surface area contributed by atoms with E-state index in [1.807, 2.05) is 12.3 Å². The predicted molar refractivity (Wildman–Crippen MR) is 114 cm³/mol. The zero-order valence-electron chi connectivity index (χ0n) is 16.7. The predicted octanol–water partition coefficient (Wildman–Crippen LogP) is 1.62. The fourth-order valence-electron chi connectivity index (χ4n) is 4.69. The van der Waals surface area contributed by atoms with Gasteiger partial charge in [0, 0.05) is 75.5 Å². The topological polar surface area (TPSA) is 99.4 Å². The van der Waals surface area contributed by atoms with E-state index in [1.165, 1.54) is 23.5 Å². The van der Waals surface area contributed by atoms with Crippen LogP contribution in [0.4, 0.5) is 5.95 Å². The first kappa shape index (κ1) is 20.5. The first-order chi connectivity index (χ1) is 14.1. The average molecular weight is 430 g/mol. The molecule has 2 fully saturated rings. The number of hydrogen-bond acceptors (Lipinski definition) is 7. The van der Waals surface area contributed by atoms with Gasteiger partial charge in [0.2, 0.25) is 5.95 Å². The number of halogens is 1. The Kier molecular flexibility index (Phi) is 5.35. The molecule has 3 aromatic rings. The Hall–Kier alpha value is -2.75. The van der Waals surface area contributed by atoms with Crippen LogP contribution in [0.3, 0.4) is 0 Å². The van der Waals surface area contributed by atoms with E-state index in [2.05, 4.69) is 48.6 Å². The molecule has 0 bridgehead atoms. The molecule has 0 saturated carbocycles. The number of aryl methyl sites for hydroxylation is 1. The molecule has 5 rings (SSSR count). The number of pyridine rings is 1. The Morgan fingerprint density at radius 3 is 2.73 bits per heavy atom. The molecule has 0 radical (unpaired) electrons. The second-order valence-electron chi connectivity index (χ2n) is 8.17. The summed E-state index contributed by atoms with van der Waals surface area (Å²) in [7, 11) is 2.06. The van der Waals surface area contributed by atoms with Gasteiger partial charge in [-0.2, -0.15) is 0 Å².